The average molecular weight is 348 g/mol. The van der Waals surface area contributed by atoms with Crippen LogP contribution in [-0.2, 0) is 6.42 Å². The Hall–Kier alpha value is -1.80. The molecule has 2 heteroatoms. The van der Waals surface area contributed by atoms with Crippen molar-refractivity contribution in [2.45, 2.75) is 63.5 Å². The molecule has 0 aromatic heterocycles. The molecule has 1 saturated carbocycles. The molecule has 0 amide bonds. The van der Waals surface area contributed by atoms with E-state index in [1.165, 1.54) is 73.9 Å². The first-order valence-electron chi connectivity index (χ1n) is 10.3. The number of likely N-dealkylation sites (tertiary alicyclic amines) is 1. The molecule has 136 valence electrons. The summed E-state index contributed by atoms with van der Waals surface area (Å²) in [7, 11) is 0. The van der Waals surface area contributed by atoms with Crippen molar-refractivity contribution < 1.29 is 4.74 Å². The van der Waals surface area contributed by atoms with Crippen LogP contribution in [0.5, 0.6) is 5.75 Å². The van der Waals surface area contributed by atoms with Crippen molar-refractivity contribution in [3.05, 3.63) is 53.6 Å². The van der Waals surface area contributed by atoms with Crippen LogP contribution in [0.1, 0.15) is 49.7 Å². The maximum atomic E-state index is 6.65. The Labute approximate surface area is 157 Å². The van der Waals surface area contributed by atoms with Crippen LogP contribution in [0.15, 0.2) is 42.5 Å². The molecule has 0 bridgehead atoms. The van der Waals surface area contributed by atoms with Gasteiger partial charge in [-0.3, -0.25) is 0 Å². The number of fused-ring (bicyclic) bond motifs is 1. The van der Waals surface area contributed by atoms with Gasteiger partial charge < -0.3 is 9.64 Å². The number of nitrogens with zero attached hydrogens (tertiary/aromatic N) is 1. The Kier molecular flexibility index (Phi) is 4.04. The topological polar surface area (TPSA) is 12.5 Å². The van der Waals surface area contributed by atoms with Crippen LogP contribution in [0.2, 0.25) is 0 Å². The zero-order chi connectivity index (χ0) is 17.6. The van der Waals surface area contributed by atoms with Gasteiger partial charge in [-0.25, -0.2) is 0 Å². The van der Waals surface area contributed by atoms with E-state index in [1.807, 2.05) is 0 Å². The summed E-state index contributed by atoms with van der Waals surface area (Å²) in [6.45, 7) is 4.61. The molecule has 2 aliphatic heterocycles. The van der Waals surface area contributed by atoms with Crippen molar-refractivity contribution in [3.8, 4) is 16.9 Å². The van der Waals surface area contributed by atoms with E-state index < -0.39 is 0 Å². The lowest BCUT2D eigenvalue weighted by molar-refractivity contribution is 0.0695. The molecule has 3 aliphatic rings. The molecule has 2 fully saturated rings. The highest BCUT2D eigenvalue weighted by Crippen LogP contribution is 2.43. The van der Waals surface area contributed by atoms with E-state index >= 15 is 0 Å². The van der Waals surface area contributed by atoms with Crippen LogP contribution < -0.4 is 4.74 Å². The Morgan fingerprint density at radius 2 is 1.73 bits per heavy atom. The van der Waals surface area contributed by atoms with Crippen LogP contribution in [0.3, 0.4) is 0 Å². The smallest absolute Gasteiger partial charge is 0.124 e. The summed E-state index contributed by atoms with van der Waals surface area (Å²) in [5.74, 6) is 1.13. The molecule has 1 spiro atoms. The van der Waals surface area contributed by atoms with E-state index in [4.69, 9.17) is 4.74 Å². The molecule has 1 saturated heterocycles. The first-order chi connectivity index (χ1) is 12.7. The molecular formula is C24H29NO. The highest BCUT2D eigenvalue weighted by Gasteiger charge is 2.41. The van der Waals surface area contributed by atoms with Crippen molar-refractivity contribution in [3.63, 3.8) is 0 Å². The van der Waals surface area contributed by atoms with Crippen molar-refractivity contribution in [2.75, 3.05) is 13.1 Å². The minimum atomic E-state index is 0.0483. The van der Waals surface area contributed by atoms with Crippen molar-refractivity contribution in [2.24, 2.45) is 0 Å². The minimum Gasteiger partial charge on any atom is -0.487 e. The van der Waals surface area contributed by atoms with E-state index in [1.54, 1.807) is 0 Å². The van der Waals surface area contributed by atoms with Crippen LogP contribution in [-0.4, -0.2) is 29.6 Å². The number of rotatable bonds is 2. The fourth-order valence-electron chi connectivity index (χ4n) is 4.92. The van der Waals surface area contributed by atoms with Crippen LogP contribution in [0, 0.1) is 6.92 Å². The molecule has 0 radical (unpaired) electrons. The maximum Gasteiger partial charge on any atom is 0.124 e. The lowest BCUT2D eigenvalue weighted by atomic mass is 9.89. The first kappa shape index (κ1) is 16.4. The Bertz CT molecular complexity index is 792. The summed E-state index contributed by atoms with van der Waals surface area (Å²) < 4.78 is 6.65. The van der Waals surface area contributed by atoms with Gasteiger partial charge in [0.15, 0.2) is 0 Å². The molecule has 1 aliphatic carbocycles. The van der Waals surface area contributed by atoms with Gasteiger partial charge in [0, 0.05) is 25.4 Å². The van der Waals surface area contributed by atoms with Crippen molar-refractivity contribution in [1.29, 1.82) is 0 Å². The lowest BCUT2D eigenvalue weighted by Crippen LogP contribution is -2.42. The van der Waals surface area contributed by atoms with E-state index in [2.05, 4.69) is 54.3 Å². The largest absolute Gasteiger partial charge is 0.487 e. The summed E-state index contributed by atoms with van der Waals surface area (Å²) in [6.07, 6.45) is 8.99. The van der Waals surface area contributed by atoms with Gasteiger partial charge in [-0.05, 0) is 61.9 Å². The molecule has 1 unspecified atom stereocenters. The van der Waals surface area contributed by atoms with Gasteiger partial charge in [0.05, 0.1) is 0 Å². The summed E-state index contributed by atoms with van der Waals surface area (Å²) in [6, 6.07) is 16.5. The van der Waals surface area contributed by atoms with Gasteiger partial charge in [0.2, 0.25) is 0 Å². The number of benzene rings is 2. The monoisotopic (exact) mass is 347 g/mol. The maximum absolute atomic E-state index is 6.65. The van der Waals surface area contributed by atoms with E-state index in [-0.39, 0.29) is 5.60 Å². The van der Waals surface area contributed by atoms with E-state index in [9.17, 15) is 0 Å². The summed E-state index contributed by atoms with van der Waals surface area (Å²) in [5.41, 5.74) is 5.30. The first-order valence-corrected chi connectivity index (χ1v) is 10.3. The molecule has 1 atom stereocenters. The fourth-order valence-corrected chi connectivity index (χ4v) is 4.92. The third kappa shape index (κ3) is 2.95. The van der Waals surface area contributed by atoms with E-state index in [0.717, 1.165) is 18.2 Å². The predicted molar refractivity (Wildman–Crippen MR) is 107 cm³/mol. The highest BCUT2D eigenvalue weighted by molar-refractivity contribution is 5.67. The van der Waals surface area contributed by atoms with Crippen LogP contribution in [0.25, 0.3) is 11.1 Å². The van der Waals surface area contributed by atoms with Gasteiger partial charge in [-0.1, -0.05) is 48.4 Å². The molecule has 2 aromatic rings. The number of aryl methyl sites for hydroxylation is 1. The molecule has 2 heterocycles. The molecule has 5 rings (SSSR count). The fraction of sp³-hybridized carbons (Fsp3) is 0.500. The summed E-state index contributed by atoms with van der Waals surface area (Å²) >= 11 is 0. The van der Waals surface area contributed by atoms with Crippen LogP contribution >= 0.6 is 0 Å². The second-order valence-corrected chi connectivity index (χ2v) is 8.62. The summed E-state index contributed by atoms with van der Waals surface area (Å²) in [4.78, 5) is 2.74. The van der Waals surface area contributed by atoms with Crippen molar-refractivity contribution in [1.82, 2.24) is 4.90 Å². The van der Waals surface area contributed by atoms with Crippen molar-refractivity contribution >= 4 is 0 Å². The average Bonchev–Trinajstić information content (AvgIpc) is 2.84. The summed E-state index contributed by atoms with van der Waals surface area (Å²) in [5, 5.41) is 0. The molecule has 2 aromatic carbocycles. The SMILES string of the molecule is Cc1ccc(-c2ccc3c(c2)OC2(CCCN(C4CCC4)CC2)C3)cc1. The predicted octanol–water partition coefficient (Wildman–Crippen LogP) is 5.37. The Morgan fingerprint density at radius 3 is 2.50 bits per heavy atom. The van der Waals surface area contributed by atoms with Gasteiger partial charge in [-0.15, -0.1) is 0 Å². The molecule has 26 heavy (non-hydrogen) atoms. The molecular weight excluding hydrogens is 318 g/mol. The van der Waals surface area contributed by atoms with Gasteiger partial charge in [0.25, 0.3) is 0 Å². The standard InChI is InChI=1S/C24H29NO/c1-18-6-8-19(9-7-18)20-10-11-21-17-24(26-23(21)16-20)12-3-14-25(15-13-24)22-4-2-5-22/h6-11,16,22H,2-5,12-15,17H2,1H3. The van der Waals surface area contributed by atoms with Gasteiger partial charge in [-0.2, -0.15) is 0 Å². The quantitative estimate of drug-likeness (QED) is 0.724. The van der Waals surface area contributed by atoms with E-state index in [0.29, 0.717) is 0 Å². The van der Waals surface area contributed by atoms with Gasteiger partial charge >= 0.3 is 0 Å². The number of hydrogen-bond acceptors (Lipinski definition) is 2. The normalized spacial score (nSPS) is 26.2. The zero-order valence-electron chi connectivity index (χ0n) is 15.8. The second kappa shape index (κ2) is 6.42. The lowest BCUT2D eigenvalue weighted by Gasteiger charge is -2.37. The number of hydrogen-bond donors (Lipinski definition) is 0. The highest BCUT2D eigenvalue weighted by atomic mass is 16.5. The van der Waals surface area contributed by atoms with Gasteiger partial charge in [0.1, 0.15) is 11.4 Å². The molecule has 0 N–H and O–H groups in total. The number of ether oxygens (including phenoxy) is 1. The Morgan fingerprint density at radius 1 is 0.923 bits per heavy atom. The second-order valence-electron chi connectivity index (χ2n) is 8.62. The minimum absolute atomic E-state index is 0.0483. The zero-order valence-corrected chi connectivity index (χ0v) is 15.8. The third-order valence-electron chi connectivity index (χ3n) is 6.81. The molecule has 2 nitrogen and oxygen atoms in total. The van der Waals surface area contributed by atoms with Crippen LogP contribution in [0.4, 0.5) is 0 Å². The Balaban J connectivity index is 1.34. The third-order valence-corrected chi connectivity index (χ3v) is 6.81.